The van der Waals surface area contributed by atoms with Crippen molar-refractivity contribution in [2.45, 2.75) is 18.1 Å². The van der Waals surface area contributed by atoms with Gasteiger partial charge in [0.15, 0.2) is 5.84 Å². The van der Waals surface area contributed by atoms with Gasteiger partial charge in [-0.2, -0.15) is 0 Å². The number of benzene rings is 2. The van der Waals surface area contributed by atoms with Gasteiger partial charge in [-0.15, -0.1) is 12.2 Å². The van der Waals surface area contributed by atoms with E-state index in [0.717, 1.165) is 44.7 Å². The number of pyridine rings is 1. The summed E-state index contributed by atoms with van der Waals surface area (Å²) in [5.41, 5.74) is 12.2. The Kier molecular flexibility index (Phi) is 6.39. The predicted molar refractivity (Wildman–Crippen MR) is 169 cm³/mol. The Hall–Kier alpha value is -5.05. The summed E-state index contributed by atoms with van der Waals surface area (Å²) < 4.78 is 0. The van der Waals surface area contributed by atoms with E-state index < -0.39 is 24.0 Å². The van der Waals surface area contributed by atoms with Crippen molar-refractivity contribution in [1.82, 2.24) is 15.6 Å². The number of hydrogen-bond donors (Lipinski definition) is 3. The summed E-state index contributed by atoms with van der Waals surface area (Å²) in [5.74, 6) is -0.416. The van der Waals surface area contributed by atoms with Crippen LogP contribution in [0.15, 0.2) is 142 Å². The van der Waals surface area contributed by atoms with E-state index in [-0.39, 0.29) is 11.8 Å². The molecule has 0 amide bonds. The van der Waals surface area contributed by atoms with E-state index in [2.05, 4.69) is 21.7 Å². The summed E-state index contributed by atoms with van der Waals surface area (Å²) in [4.78, 5) is 14.0. The Balaban J connectivity index is 1.07. The minimum atomic E-state index is -1.03. The number of nitrogens with two attached hydrogens (primary N) is 1. The van der Waals surface area contributed by atoms with Gasteiger partial charge in [0.05, 0.1) is 17.1 Å². The van der Waals surface area contributed by atoms with Gasteiger partial charge in [-0.1, -0.05) is 72.7 Å². The van der Waals surface area contributed by atoms with E-state index in [1.54, 1.807) is 6.20 Å². The molecule has 1 fully saturated rings. The summed E-state index contributed by atoms with van der Waals surface area (Å²) in [6.45, 7) is 0.694. The lowest BCUT2D eigenvalue weighted by Crippen LogP contribution is -2.68. The lowest BCUT2D eigenvalue weighted by Gasteiger charge is -2.65. The average molecular weight is 579 g/mol. The van der Waals surface area contributed by atoms with Crippen LogP contribution in [-0.4, -0.2) is 35.4 Å². The van der Waals surface area contributed by atoms with Gasteiger partial charge in [-0.05, 0) is 59.2 Å². The molecule has 2 aliphatic heterocycles. The fourth-order valence-electron chi connectivity index (χ4n) is 7.18. The quantitative estimate of drug-likeness (QED) is 0.315. The van der Waals surface area contributed by atoms with Gasteiger partial charge in [-0.25, -0.2) is 9.98 Å². The smallest absolute Gasteiger partial charge is 0.157 e. The van der Waals surface area contributed by atoms with Crippen LogP contribution >= 0.6 is 0 Å². The van der Waals surface area contributed by atoms with Crippen LogP contribution in [0.5, 0.6) is 0 Å². The van der Waals surface area contributed by atoms with Gasteiger partial charge >= 0.3 is 0 Å². The summed E-state index contributed by atoms with van der Waals surface area (Å²) >= 11 is 0. The second kappa shape index (κ2) is 10.6. The van der Waals surface area contributed by atoms with Gasteiger partial charge in [0.2, 0.25) is 0 Å². The summed E-state index contributed by atoms with van der Waals surface area (Å²) in [6, 6.07) is 17.3. The van der Waals surface area contributed by atoms with Gasteiger partial charge in [0, 0.05) is 35.3 Å². The average Bonchev–Trinajstić information content (AvgIpc) is 3.07. The number of dihydropyridines is 1. The molecule has 4 unspecified atom stereocenters. The number of rotatable bonds is 5. The molecule has 5 aliphatic rings. The zero-order valence-electron chi connectivity index (χ0n) is 23.8. The molecule has 4 atom stereocenters. The highest BCUT2D eigenvalue weighted by Crippen LogP contribution is 2.52. The van der Waals surface area contributed by atoms with Crippen LogP contribution in [0.1, 0.15) is 17.2 Å². The molecule has 3 aliphatic carbocycles. The van der Waals surface area contributed by atoms with Crippen LogP contribution in [-0.2, 0) is 0 Å². The van der Waals surface area contributed by atoms with Crippen molar-refractivity contribution in [3.8, 4) is 0 Å². The van der Waals surface area contributed by atoms with Crippen LogP contribution in [0.2, 0.25) is 0 Å². The molecule has 0 bridgehead atoms. The number of nitrogens with zero attached hydrogens (tertiary/aromatic N) is 3. The summed E-state index contributed by atoms with van der Waals surface area (Å²) in [7, 11) is 0. The Morgan fingerprint density at radius 2 is 1.80 bits per heavy atom. The molecular formula is C36H30N6O2-2. The molecule has 4 N–H and O–H groups in total. The molecule has 3 heterocycles. The van der Waals surface area contributed by atoms with Gasteiger partial charge in [0.25, 0.3) is 0 Å². The van der Waals surface area contributed by atoms with Crippen LogP contribution < -0.4 is 26.6 Å². The van der Waals surface area contributed by atoms with E-state index in [1.807, 2.05) is 97.1 Å². The second-order valence-electron chi connectivity index (χ2n) is 11.7. The summed E-state index contributed by atoms with van der Waals surface area (Å²) in [6.07, 6.45) is 15.6. The molecule has 8 rings (SSSR count). The molecule has 44 heavy (non-hydrogen) atoms. The number of fused-ring (bicyclic) bond motifs is 1. The lowest BCUT2D eigenvalue weighted by atomic mass is 9.56. The first kappa shape index (κ1) is 26.6. The van der Waals surface area contributed by atoms with E-state index in [9.17, 15) is 10.2 Å². The maximum Gasteiger partial charge on any atom is 0.157 e. The van der Waals surface area contributed by atoms with Gasteiger partial charge < -0.3 is 26.6 Å². The Bertz CT molecular complexity index is 1900. The second-order valence-corrected chi connectivity index (χ2v) is 11.7. The van der Waals surface area contributed by atoms with Gasteiger partial charge in [0.1, 0.15) is 11.5 Å². The third kappa shape index (κ3) is 4.25. The third-order valence-corrected chi connectivity index (χ3v) is 9.29. The predicted octanol–water partition coefficient (Wildman–Crippen LogP) is 3.00. The molecule has 0 spiro atoms. The molecule has 3 aromatic rings. The molecule has 8 nitrogen and oxygen atoms in total. The molecule has 1 aromatic heterocycles. The van der Waals surface area contributed by atoms with Crippen molar-refractivity contribution in [3.05, 3.63) is 143 Å². The van der Waals surface area contributed by atoms with Crippen molar-refractivity contribution >= 4 is 28.1 Å². The minimum Gasteiger partial charge on any atom is -0.851 e. The first-order chi connectivity index (χ1) is 21.6. The number of nitrogens with one attached hydrogen (secondary N) is 2. The Labute approximate surface area is 255 Å². The SMILES string of the molecule is NC(=Nc1cccc2c(C3C([O-])C(C4C=CC5=C6C(=CC=CC64)N=C(c4ccccn4)N5)C3[O-])cccc12)C1=CC=CCN1. The fraction of sp³-hybridized carbons (Fsp3) is 0.194. The number of aliphatic imine (C=N–C) groups is 2. The number of allylic oxidation sites excluding steroid dienone is 8. The molecule has 2 aromatic carbocycles. The Morgan fingerprint density at radius 1 is 0.932 bits per heavy atom. The molecule has 1 saturated carbocycles. The zero-order valence-corrected chi connectivity index (χ0v) is 23.8. The fourth-order valence-corrected chi connectivity index (χ4v) is 7.18. The lowest BCUT2D eigenvalue weighted by molar-refractivity contribution is -0.553. The van der Waals surface area contributed by atoms with E-state index >= 15 is 0 Å². The molecule has 8 heteroatoms. The number of amidine groups is 2. The van der Waals surface area contributed by atoms with Crippen molar-refractivity contribution in [2.24, 2.45) is 33.5 Å². The molecule has 0 saturated heterocycles. The topological polar surface area (TPSA) is 134 Å². The first-order valence-corrected chi connectivity index (χ1v) is 15.0. The number of aromatic nitrogens is 1. The van der Waals surface area contributed by atoms with Crippen molar-refractivity contribution < 1.29 is 10.2 Å². The van der Waals surface area contributed by atoms with E-state index in [4.69, 9.17) is 15.7 Å². The highest BCUT2D eigenvalue weighted by Gasteiger charge is 2.46. The molecule has 0 radical (unpaired) electrons. The van der Waals surface area contributed by atoms with Crippen LogP contribution in [0, 0.1) is 17.8 Å². The standard InChI is InChI=1S/C36H30N6O2/c37-35(28-12-1-3-18-38-28)40-25-14-6-8-20-21(25)9-5-10-22(20)31-33(43)32(34(31)44)24-16-17-27-30-23(24)11-7-15-26(30)41-36(42-27)29-13-2-4-19-39-29/h1-17,19,23-24,31-34,38H,18H2,(H2,37,40)(H,41,42)/q-2. The first-order valence-electron chi connectivity index (χ1n) is 15.0. The monoisotopic (exact) mass is 578 g/mol. The van der Waals surface area contributed by atoms with Crippen LogP contribution in [0.4, 0.5) is 5.69 Å². The van der Waals surface area contributed by atoms with Crippen LogP contribution in [0.25, 0.3) is 10.8 Å². The van der Waals surface area contributed by atoms with Crippen molar-refractivity contribution in [1.29, 1.82) is 0 Å². The normalized spacial score (nSPS) is 28.8. The van der Waals surface area contributed by atoms with E-state index in [1.165, 1.54) is 0 Å². The zero-order chi connectivity index (χ0) is 29.8. The summed E-state index contributed by atoms with van der Waals surface area (Å²) in [5, 5.41) is 36.4. The molecular weight excluding hydrogens is 548 g/mol. The number of hydrogen-bond acceptors (Lipinski definition) is 7. The van der Waals surface area contributed by atoms with Crippen LogP contribution in [0.3, 0.4) is 0 Å². The highest BCUT2D eigenvalue weighted by atomic mass is 16.3. The minimum absolute atomic E-state index is 0.0932. The van der Waals surface area contributed by atoms with Crippen molar-refractivity contribution in [2.75, 3.05) is 6.54 Å². The third-order valence-electron chi connectivity index (χ3n) is 9.29. The Morgan fingerprint density at radius 3 is 2.61 bits per heavy atom. The maximum absolute atomic E-state index is 14.0. The van der Waals surface area contributed by atoms with Crippen molar-refractivity contribution in [3.63, 3.8) is 0 Å². The maximum atomic E-state index is 14.0. The van der Waals surface area contributed by atoms with Gasteiger partial charge in [-0.3, -0.25) is 4.98 Å². The molecule has 218 valence electrons. The highest BCUT2D eigenvalue weighted by molar-refractivity contribution is 6.03. The van der Waals surface area contributed by atoms with E-state index in [0.29, 0.717) is 23.9 Å². The largest absolute Gasteiger partial charge is 0.851 e.